The van der Waals surface area contributed by atoms with Crippen molar-refractivity contribution >= 4 is 35.3 Å². The molecule has 1 fully saturated rings. The van der Waals surface area contributed by atoms with Gasteiger partial charge in [0.15, 0.2) is 0 Å². The van der Waals surface area contributed by atoms with Crippen LogP contribution in [0, 0.1) is 5.92 Å². The van der Waals surface area contributed by atoms with Crippen molar-refractivity contribution < 1.29 is 4.79 Å². The van der Waals surface area contributed by atoms with Crippen molar-refractivity contribution in [1.29, 1.82) is 0 Å². The molecule has 3 nitrogen and oxygen atoms in total. The van der Waals surface area contributed by atoms with Crippen LogP contribution in [-0.2, 0) is 4.79 Å². The number of amides is 1. The molecule has 2 rings (SSSR count). The number of hydrogen-bond acceptors (Lipinski definition) is 3. The van der Waals surface area contributed by atoms with E-state index in [1.54, 1.807) is 11.3 Å². The van der Waals surface area contributed by atoms with Crippen LogP contribution in [-0.4, -0.2) is 11.9 Å². The lowest BCUT2D eigenvalue weighted by Crippen LogP contribution is -2.22. The van der Waals surface area contributed by atoms with Crippen molar-refractivity contribution in [1.82, 2.24) is 0 Å². The predicted molar refractivity (Wildman–Crippen MR) is 65.5 cm³/mol. The lowest BCUT2D eigenvalue weighted by molar-refractivity contribution is -0.119. The van der Waals surface area contributed by atoms with Crippen molar-refractivity contribution in [2.24, 2.45) is 11.7 Å². The van der Waals surface area contributed by atoms with Crippen LogP contribution >= 0.6 is 23.7 Å². The normalized spacial score (nSPS) is 24.6. The summed E-state index contributed by atoms with van der Waals surface area (Å²) in [6.07, 6.45) is 2.73. The zero-order chi connectivity index (χ0) is 9.97. The lowest BCUT2D eigenvalue weighted by atomic mass is 10.1. The van der Waals surface area contributed by atoms with Gasteiger partial charge < -0.3 is 11.1 Å². The first kappa shape index (κ1) is 12.5. The topological polar surface area (TPSA) is 55.1 Å². The summed E-state index contributed by atoms with van der Waals surface area (Å²) in [5, 5.41) is 6.79. The van der Waals surface area contributed by atoms with Gasteiger partial charge >= 0.3 is 0 Å². The first-order chi connectivity index (χ1) is 6.75. The summed E-state index contributed by atoms with van der Waals surface area (Å²) in [6, 6.07) is 2.13. The standard InChI is InChI=1S/C10H14N2OS.ClH/c11-8-2-1-7(5-8)10(13)12-9-3-4-14-6-9;/h3-4,6-8H,1-2,5,11H2,(H,12,13);1H. The first-order valence-electron chi connectivity index (χ1n) is 4.84. The van der Waals surface area contributed by atoms with Crippen LogP contribution in [0.15, 0.2) is 16.8 Å². The maximum atomic E-state index is 11.7. The second-order valence-corrected chi connectivity index (χ2v) is 4.55. The van der Waals surface area contributed by atoms with Gasteiger partial charge in [0.25, 0.3) is 0 Å². The molecule has 1 aromatic rings. The fraction of sp³-hybridized carbons (Fsp3) is 0.500. The Morgan fingerprint density at radius 3 is 2.87 bits per heavy atom. The zero-order valence-corrected chi connectivity index (χ0v) is 9.94. The fourth-order valence-corrected chi connectivity index (χ4v) is 2.42. The number of halogens is 1. The molecule has 1 saturated carbocycles. The Morgan fingerprint density at radius 1 is 1.53 bits per heavy atom. The van der Waals surface area contributed by atoms with Gasteiger partial charge in [0.05, 0.1) is 5.69 Å². The Balaban J connectivity index is 0.00000112. The number of anilines is 1. The minimum Gasteiger partial charge on any atom is -0.328 e. The van der Waals surface area contributed by atoms with Gasteiger partial charge in [-0.1, -0.05) is 0 Å². The van der Waals surface area contributed by atoms with Gasteiger partial charge in [-0.05, 0) is 30.7 Å². The highest BCUT2D eigenvalue weighted by Crippen LogP contribution is 2.25. The monoisotopic (exact) mass is 246 g/mol. The summed E-state index contributed by atoms with van der Waals surface area (Å²) < 4.78 is 0. The largest absolute Gasteiger partial charge is 0.328 e. The van der Waals surface area contributed by atoms with E-state index < -0.39 is 0 Å². The molecule has 2 unspecified atom stereocenters. The van der Waals surface area contributed by atoms with E-state index >= 15 is 0 Å². The molecule has 5 heteroatoms. The van der Waals surface area contributed by atoms with Gasteiger partial charge in [0, 0.05) is 17.3 Å². The molecule has 84 valence electrons. The SMILES string of the molecule is Cl.NC1CCC(C(=O)Nc2ccsc2)C1. The minimum absolute atomic E-state index is 0. The Labute approximate surface area is 99.5 Å². The van der Waals surface area contributed by atoms with Crippen molar-refractivity contribution in [2.75, 3.05) is 5.32 Å². The van der Waals surface area contributed by atoms with Crippen molar-refractivity contribution in [3.05, 3.63) is 16.8 Å². The second-order valence-electron chi connectivity index (χ2n) is 3.77. The Hall–Kier alpha value is -0.580. The van der Waals surface area contributed by atoms with E-state index in [2.05, 4.69) is 5.32 Å². The number of nitrogens with two attached hydrogens (primary N) is 1. The summed E-state index contributed by atoms with van der Waals surface area (Å²) in [4.78, 5) is 11.7. The van der Waals surface area contributed by atoms with Crippen LogP contribution in [0.5, 0.6) is 0 Å². The van der Waals surface area contributed by atoms with Crippen LogP contribution in [0.25, 0.3) is 0 Å². The summed E-state index contributed by atoms with van der Waals surface area (Å²) in [5.74, 6) is 0.237. The van der Waals surface area contributed by atoms with E-state index in [0.29, 0.717) is 0 Å². The number of hydrogen-bond donors (Lipinski definition) is 2. The van der Waals surface area contributed by atoms with E-state index in [1.165, 1.54) is 0 Å². The molecule has 0 spiro atoms. The fourth-order valence-electron chi connectivity index (χ4n) is 1.83. The van der Waals surface area contributed by atoms with E-state index in [4.69, 9.17) is 5.73 Å². The van der Waals surface area contributed by atoms with E-state index in [-0.39, 0.29) is 30.3 Å². The number of carbonyl (C=O) groups is 1. The molecule has 1 heterocycles. The first-order valence-corrected chi connectivity index (χ1v) is 5.78. The second kappa shape index (κ2) is 5.49. The molecule has 0 saturated heterocycles. The van der Waals surface area contributed by atoms with Crippen LogP contribution in [0.1, 0.15) is 19.3 Å². The molecule has 0 bridgehead atoms. The Kier molecular flexibility index (Phi) is 4.57. The third kappa shape index (κ3) is 3.19. The van der Waals surface area contributed by atoms with Crippen LogP contribution in [0.2, 0.25) is 0 Å². The Bertz CT molecular complexity index is 315. The van der Waals surface area contributed by atoms with Crippen molar-refractivity contribution in [3.63, 3.8) is 0 Å². The summed E-state index contributed by atoms with van der Waals surface area (Å²) in [7, 11) is 0. The third-order valence-corrected chi connectivity index (χ3v) is 3.32. The number of nitrogens with one attached hydrogen (secondary N) is 1. The van der Waals surface area contributed by atoms with Crippen LogP contribution < -0.4 is 11.1 Å². The summed E-state index contributed by atoms with van der Waals surface area (Å²) in [6.45, 7) is 0. The number of rotatable bonds is 2. The average Bonchev–Trinajstić information content (AvgIpc) is 2.75. The van der Waals surface area contributed by atoms with Crippen molar-refractivity contribution in [2.45, 2.75) is 25.3 Å². The number of thiophene rings is 1. The van der Waals surface area contributed by atoms with E-state index in [9.17, 15) is 4.79 Å². The predicted octanol–water partition coefficient (Wildman–Crippen LogP) is 2.24. The number of carbonyl (C=O) groups excluding carboxylic acids is 1. The molecular weight excluding hydrogens is 232 g/mol. The molecule has 0 aromatic carbocycles. The maximum absolute atomic E-state index is 11.7. The van der Waals surface area contributed by atoms with Gasteiger partial charge in [-0.3, -0.25) is 4.79 Å². The summed E-state index contributed by atoms with van der Waals surface area (Å²) in [5.41, 5.74) is 6.66. The lowest BCUT2D eigenvalue weighted by Gasteiger charge is -2.08. The van der Waals surface area contributed by atoms with E-state index in [0.717, 1.165) is 24.9 Å². The molecule has 0 aliphatic heterocycles. The van der Waals surface area contributed by atoms with Gasteiger partial charge in [-0.25, -0.2) is 0 Å². The van der Waals surface area contributed by atoms with Gasteiger partial charge in [0.1, 0.15) is 0 Å². The highest BCUT2D eigenvalue weighted by molar-refractivity contribution is 7.08. The maximum Gasteiger partial charge on any atom is 0.227 e. The molecule has 15 heavy (non-hydrogen) atoms. The molecule has 1 amide bonds. The van der Waals surface area contributed by atoms with Crippen LogP contribution in [0.3, 0.4) is 0 Å². The molecule has 3 N–H and O–H groups in total. The molecule has 2 atom stereocenters. The van der Waals surface area contributed by atoms with Gasteiger partial charge in [0.2, 0.25) is 5.91 Å². The zero-order valence-electron chi connectivity index (χ0n) is 8.31. The van der Waals surface area contributed by atoms with Crippen LogP contribution in [0.4, 0.5) is 5.69 Å². The van der Waals surface area contributed by atoms with Gasteiger partial charge in [-0.2, -0.15) is 11.3 Å². The Morgan fingerprint density at radius 2 is 2.33 bits per heavy atom. The quantitative estimate of drug-likeness (QED) is 0.841. The molecule has 1 aliphatic rings. The molecular formula is C10H15ClN2OS. The highest BCUT2D eigenvalue weighted by atomic mass is 35.5. The molecule has 1 aliphatic carbocycles. The van der Waals surface area contributed by atoms with Gasteiger partial charge in [-0.15, -0.1) is 12.4 Å². The van der Waals surface area contributed by atoms with E-state index in [1.807, 2.05) is 16.8 Å². The smallest absolute Gasteiger partial charge is 0.227 e. The minimum atomic E-state index is 0. The molecule has 0 radical (unpaired) electrons. The third-order valence-electron chi connectivity index (χ3n) is 2.63. The molecule has 1 aromatic heterocycles. The average molecular weight is 247 g/mol. The highest BCUT2D eigenvalue weighted by Gasteiger charge is 2.27. The van der Waals surface area contributed by atoms with Crippen molar-refractivity contribution in [3.8, 4) is 0 Å². The summed E-state index contributed by atoms with van der Waals surface area (Å²) >= 11 is 1.59.